The van der Waals surface area contributed by atoms with Crippen molar-refractivity contribution in [3.05, 3.63) is 91.0 Å². The zero-order valence-corrected chi connectivity index (χ0v) is 19.9. The second kappa shape index (κ2) is 9.03. The highest BCUT2D eigenvalue weighted by atomic mass is 32.1. The zero-order chi connectivity index (χ0) is 22.9. The van der Waals surface area contributed by atoms with Gasteiger partial charge in [-0.15, -0.1) is 11.3 Å². The van der Waals surface area contributed by atoms with Crippen LogP contribution in [0.15, 0.2) is 70.4 Å². The van der Waals surface area contributed by atoms with E-state index in [2.05, 4.69) is 11.8 Å². The summed E-state index contributed by atoms with van der Waals surface area (Å²) in [6.45, 7) is 4.32. The third-order valence-corrected chi connectivity index (χ3v) is 7.57. The van der Waals surface area contributed by atoms with Gasteiger partial charge >= 0.3 is 0 Å². The maximum Gasteiger partial charge on any atom is 0.268 e. The quantitative estimate of drug-likeness (QED) is 0.403. The summed E-state index contributed by atoms with van der Waals surface area (Å²) >= 11 is 6.91. The number of nitrogens with zero attached hydrogens (tertiary/aromatic N) is 4. The molecule has 8 heteroatoms. The highest BCUT2D eigenvalue weighted by Gasteiger charge is 2.24. The van der Waals surface area contributed by atoms with Gasteiger partial charge in [0, 0.05) is 25.4 Å². The van der Waals surface area contributed by atoms with E-state index in [9.17, 15) is 9.59 Å². The van der Waals surface area contributed by atoms with Crippen molar-refractivity contribution in [1.29, 1.82) is 0 Å². The Labute approximate surface area is 200 Å². The van der Waals surface area contributed by atoms with Gasteiger partial charge in [-0.25, -0.2) is 4.98 Å². The number of aromatic nitrogens is 3. The van der Waals surface area contributed by atoms with Crippen LogP contribution in [-0.2, 0) is 6.54 Å². The summed E-state index contributed by atoms with van der Waals surface area (Å²) in [5.41, 5.74) is 1.66. The summed E-state index contributed by atoms with van der Waals surface area (Å²) in [7, 11) is 0. The first kappa shape index (κ1) is 21.7. The molecule has 3 aromatic heterocycles. The maximum atomic E-state index is 13.6. The number of rotatable bonds is 4. The second-order valence-corrected chi connectivity index (χ2v) is 10.2. The molecule has 4 heterocycles. The molecule has 1 aliphatic heterocycles. The normalized spacial score (nSPS) is 14.6. The summed E-state index contributed by atoms with van der Waals surface area (Å²) in [6, 6.07) is 16.8. The molecular formula is C25H24N4O2S2. The van der Waals surface area contributed by atoms with Crippen molar-refractivity contribution in [2.24, 2.45) is 5.92 Å². The molecule has 1 aromatic carbocycles. The van der Waals surface area contributed by atoms with E-state index in [1.54, 1.807) is 10.8 Å². The molecule has 0 aliphatic carbocycles. The molecule has 0 unspecified atom stereocenters. The van der Waals surface area contributed by atoms with Crippen molar-refractivity contribution < 1.29 is 0 Å². The molecule has 1 saturated heterocycles. The predicted octanol–water partition coefficient (Wildman–Crippen LogP) is 4.60. The van der Waals surface area contributed by atoms with Gasteiger partial charge in [-0.3, -0.25) is 18.6 Å². The first-order chi connectivity index (χ1) is 16.0. The van der Waals surface area contributed by atoms with Gasteiger partial charge in [0.1, 0.15) is 17.0 Å². The molecule has 0 spiro atoms. The number of hydrogen-bond donors (Lipinski definition) is 0. The van der Waals surface area contributed by atoms with Crippen LogP contribution in [0.1, 0.15) is 25.3 Å². The van der Waals surface area contributed by atoms with Crippen molar-refractivity contribution in [3.63, 3.8) is 0 Å². The van der Waals surface area contributed by atoms with E-state index in [0.29, 0.717) is 38.3 Å². The lowest BCUT2D eigenvalue weighted by Crippen LogP contribution is -2.35. The fourth-order valence-electron chi connectivity index (χ4n) is 4.23. The van der Waals surface area contributed by atoms with Crippen molar-refractivity contribution in [2.75, 3.05) is 18.0 Å². The van der Waals surface area contributed by atoms with E-state index >= 15 is 0 Å². The third kappa shape index (κ3) is 4.28. The highest BCUT2D eigenvalue weighted by molar-refractivity contribution is 7.73. The molecule has 1 aliphatic rings. The Kier molecular flexibility index (Phi) is 5.95. The van der Waals surface area contributed by atoms with Crippen molar-refractivity contribution in [2.45, 2.75) is 26.3 Å². The van der Waals surface area contributed by atoms with E-state index in [-0.39, 0.29) is 11.1 Å². The molecule has 5 rings (SSSR count). The molecule has 33 heavy (non-hydrogen) atoms. The Hall–Kier alpha value is -3.10. The number of hydrogen-bond acceptors (Lipinski definition) is 6. The van der Waals surface area contributed by atoms with E-state index in [1.165, 1.54) is 21.8 Å². The molecular weight excluding hydrogens is 452 g/mol. The molecule has 1 fully saturated rings. The van der Waals surface area contributed by atoms with Crippen LogP contribution in [0.25, 0.3) is 16.1 Å². The van der Waals surface area contributed by atoms with Crippen LogP contribution >= 0.6 is 23.6 Å². The minimum Gasteiger partial charge on any atom is -0.356 e. The molecule has 4 aromatic rings. The number of benzene rings is 1. The average molecular weight is 477 g/mol. The van der Waals surface area contributed by atoms with Crippen LogP contribution in [-0.4, -0.2) is 27.0 Å². The average Bonchev–Trinajstić information content (AvgIpc) is 2.82. The molecule has 0 N–H and O–H groups in total. The molecule has 168 valence electrons. The van der Waals surface area contributed by atoms with Gasteiger partial charge in [-0.2, -0.15) is 0 Å². The first-order valence-electron chi connectivity index (χ1n) is 11.1. The number of pyridine rings is 1. The van der Waals surface area contributed by atoms with Crippen molar-refractivity contribution >= 4 is 35.0 Å². The Morgan fingerprint density at radius 1 is 1.06 bits per heavy atom. The third-order valence-electron chi connectivity index (χ3n) is 6.17. The molecule has 6 nitrogen and oxygen atoms in total. The number of fused-ring (bicyclic) bond motifs is 1. The fourth-order valence-corrected chi connectivity index (χ4v) is 5.55. The fraction of sp³-hybridized carbons (Fsp3) is 0.280. The molecule has 0 amide bonds. The van der Waals surface area contributed by atoms with Crippen molar-refractivity contribution in [1.82, 2.24) is 14.0 Å². The Bertz CT molecular complexity index is 1450. The van der Waals surface area contributed by atoms with E-state index in [1.807, 2.05) is 48.5 Å². The summed E-state index contributed by atoms with van der Waals surface area (Å²) in [5, 5.41) is 0. The lowest BCUT2D eigenvalue weighted by Gasteiger charge is -2.32. The summed E-state index contributed by atoms with van der Waals surface area (Å²) in [6.07, 6.45) is 3.81. The monoisotopic (exact) mass is 476 g/mol. The predicted molar refractivity (Wildman–Crippen MR) is 136 cm³/mol. The van der Waals surface area contributed by atoms with Crippen LogP contribution in [0, 0.1) is 9.87 Å². The summed E-state index contributed by atoms with van der Waals surface area (Å²) in [4.78, 5) is 34.3. The lowest BCUT2D eigenvalue weighted by molar-refractivity contribution is 0.437. The minimum absolute atomic E-state index is 0.180. The van der Waals surface area contributed by atoms with Gasteiger partial charge in [-0.05, 0) is 48.7 Å². The molecule has 0 atom stereocenters. The molecule has 0 bridgehead atoms. The lowest BCUT2D eigenvalue weighted by atomic mass is 9.99. The van der Waals surface area contributed by atoms with Crippen LogP contribution in [0.5, 0.6) is 0 Å². The summed E-state index contributed by atoms with van der Waals surface area (Å²) in [5.74, 6) is 1.29. The zero-order valence-electron chi connectivity index (χ0n) is 18.3. The van der Waals surface area contributed by atoms with Crippen LogP contribution in [0.3, 0.4) is 0 Å². The molecule has 0 saturated carbocycles. The largest absolute Gasteiger partial charge is 0.356 e. The van der Waals surface area contributed by atoms with Gasteiger partial charge < -0.3 is 4.90 Å². The Balaban J connectivity index is 1.67. The van der Waals surface area contributed by atoms with Crippen molar-refractivity contribution in [3.8, 4) is 10.4 Å². The number of piperidine rings is 1. The van der Waals surface area contributed by atoms with Crippen LogP contribution < -0.4 is 16.0 Å². The topological polar surface area (TPSA) is 59.6 Å². The van der Waals surface area contributed by atoms with Gasteiger partial charge in [0.15, 0.2) is 3.95 Å². The van der Waals surface area contributed by atoms with Gasteiger partial charge in [-0.1, -0.05) is 43.3 Å². The van der Waals surface area contributed by atoms with E-state index in [0.717, 1.165) is 31.5 Å². The highest BCUT2D eigenvalue weighted by Crippen LogP contribution is 2.31. The smallest absolute Gasteiger partial charge is 0.268 e. The Morgan fingerprint density at radius 2 is 1.79 bits per heavy atom. The van der Waals surface area contributed by atoms with E-state index < -0.39 is 0 Å². The Morgan fingerprint density at radius 3 is 2.52 bits per heavy atom. The minimum atomic E-state index is -0.214. The van der Waals surface area contributed by atoms with Gasteiger partial charge in [0.2, 0.25) is 0 Å². The second-order valence-electron chi connectivity index (χ2n) is 8.50. The SMILES string of the molecule is CC1CCN(c2nc3ccccn3c(=O)c2-c2cc(=O)n(Cc3ccccc3)c(=S)s2)CC1. The standard InChI is InChI=1S/C25H24N4O2S2/c1-17-10-13-27(14-11-17)23-22(24(31)28-12-6-5-9-20(28)26-23)19-15-21(30)29(25(32)33-19)16-18-7-3-2-4-8-18/h2-9,12,15,17H,10-11,13-14,16H2,1H3. The molecule has 0 radical (unpaired) electrons. The summed E-state index contributed by atoms with van der Waals surface area (Å²) < 4.78 is 3.56. The number of anilines is 1. The first-order valence-corrected chi connectivity index (χ1v) is 12.3. The van der Waals surface area contributed by atoms with E-state index in [4.69, 9.17) is 17.2 Å². The van der Waals surface area contributed by atoms with Crippen LogP contribution in [0.2, 0.25) is 0 Å². The van der Waals surface area contributed by atoms with Gasteiger partial charge in [0.25, 0.3) is 11.1 Å². The van der Waals surface area contributed by atoms with Crippen LogP contribution in [0.4, 0.5) is 5.82 Å². The maximum absolute atomic E-state index is 13.6. The van der Waals surface area contributed by atoms with Gasteiger partial charge in [0.05, 0.1) is 11.4 Å².